The molecule has 3 aliphatic rings. The number of hydrogen-bond donors (Lipinski definition) is 1. The Bertz CT molecular complexity index is 298. The van der Waals surface area contributed by atoms with Gasteiger partial charge in [-0.1, -0.05) is 39.5 Å². The molecule has 4 unspecified atom stereocenters. The summed E-state index contributed by atoms with van der Waals surface area (Å²) in [5.41, 5.74) is 0. The third-order valence-corrected chi connectivity index (χ3v) is 6.26. The van der Waals surface area contributed by atoms with Gasteiger partial charge in [-0.3, -0.25) is 4.90 Å². The van der Waals surface area contributed by atoms with E-state index in [2.05, 4.69) is 24.1 Å². The number of nitrogens with one attached hydrogen (secondary N) is 1. The van der Waals surface area contributed by atoms with E-state index in [4.69, 9.17) is 0 Å². The maximum absolute atomic E-state index is 4.03. The van der Waals surface area contributed by atoms with Crippen LogP contribution in [0.15, 0.2) is 0 Å². The van der Waals surface area contributed by atoms with Gasteiger partial charge in [0.1, 0.15) is 0 Å². The Labute approximate surface area is 125 Å². The zero-order valence-electron chi connectivity index (χ0n) is 13.6. The molecule has 0 aromatic carbocycles. The molecule has 0 amide bonds. The zero-order chi connectivity index (χ0) is 13.9. The summed E-state index contributed by atoms with van der Waals surface area (Å²) < 4.78 is 0. The standard InChI is InChI=1S/C18H34N2/c1-3-15-11-17(19-16-7-5-4-6-8-16)13-20(12-15)18-10-9-14(18)2/h14-19H,3-13H2,1-2H3. The van der Waals surface area contributed by atoms with E-state index in [1.54, 1.807) is 0 Å². The first-order valence-electron chi connectivity index (χ1n) is 9.26. The van der Waals surface area contributed by atoms with Crippen molar-refractivity contribution in [3.63, 3.8) is 0 Å². The van der Waals surface area contributed by atoms with Crippen LogP contribution in [-0.2, 0) is 0 Å². The van der Waals surface area contributed by atoms with Crippen molar-refractivity contribution in [3.05, 3.63) is 0 Å². The van der Waals surface area contributed by atoms with E-state index in [1.807, 2.05) is 0 Å². The van der Waals surface area contributed by atoms with Crippen LogP contribution in [0.5, 0.6) is 0 Å². The van der Waals surface area contributed by atoms with Gasteiger partial charge in [-0.05, 0) is 43.9 Å². The molecule has 2 nitrogen and oxygen atoms in total. The summed E-state index contributed by atoms with van der Waals surface area (Å²) in [6.45, 7) is 7.53. The minimum Gasteiger partial charge on any atom is -0.310 e. The van der Waals surface area contributed by atoms with Gasteiger partial charge >= 0.3 is 0 Å². The predicted molar refractivity (Wildman–Crippen MR) is 86.0 cm³/mol. The third-order valence-electron chi connectivity index (χ3n) is 6.26. The van der Waals surface area contributed by atoms with E-state index < -0.39 is 0 Å². The van der Waals surface area contributed by atoms with Gasteiger partial charge in [0.15, 0.2) is 0 Å². The molecule has 0 spiro atoms. The largest absolute Gasteiger partial charge is 0.310 e. The molecule has 1 saturated heterocycles. The molecule has 20 heavy (non-hydrogen) atoms. The van der Waals surface area contributed by atoms with Crippen LogP contribution in [0, 0.1) is 11.8 Å². The van der Waals surface area contributed by atoms with Crippen LogP contribution < -0.4 is 5.32 Å². The van der Waals surface area contributed by atoms with Gasteiger partial charge in [0.2, 0.25) is 0 Å². The van der Waals surface area contributed by atoms with Crippen LogP contribution in [0.1, 0.15) is 71.6 Å². The fourth-order valence-electron chi connectivity index (χ4n) is 4.72. The normalized spacial score (nSPS) is 40.5. The van der Waals surface area contributed by atoms with Crippen LogP contribution >= 0.6 is 0 Å². The average Bonchev–Trinajstić information content (AvgIpc) is 2.46. The van der Waals surface area contributed by atoms with Crippen molar-refractivity contribution >= 4 is 0 Å². The molecule has 0 radical (unpaired) electrons. The second kappa shape index (κ2) is 6.79. The molecular formula is C18H34N2. The maximum atomic E-state index is 4.03. The first-order valence-corrected chi connectivity index (χ1v) is 9.26. The van der Waals surface area contributed by atoms with Crippen molar-refractivity contribution < 1.29 is 0 Å². The molecule has 116 valence electrons. The smallest absolute Gasteiger partial charge is 0.0200 e. The van der Waals surface area contributed by atoms with Crippen LogP contribution in [0.4, 0.5) is 0 Å². The monoisotopic (exact) mass is 278 g/mol. The van der Waals surface area contributed by atoms with Gasteiger partial charge in [0, 0.05) is 31.2 Å². The molecule has 0 aromatic heterocycles. The minimum atomic E-state index is 0.768. The topological polar surface area (TPSA) is 15.3 Å². The van der Waals surface area contributed by atoms with E-state index in [0.29, 0.717) is 0 Å². The zero-order valence-corrected chi connectivity index (χ0v) is 13.6. The van der Waals surface area contributed by atoms with Crippen molar-refractivity contribution in [2.75, 3.05) is 13.1 Å². The molecule has 4 atom stereocenters. The van der Waals surface area contributed by atoms with E-state index in [1.165, 1.54) is 70.9 Å². The Balaban J connectivity index is 1.55. The summed E-state index contributed by atoms with van der Waals surface area (Å²) in [6.07, 6.45) is 12.9. The molecule has 2 aliphatic carbocycles. The molecular weight excluding hydrogens is 244 g/mol. The lowest BCUT2D eigenvalue weighted by Crippen LogP contribution is -2.57. The van der Waals surface area contributed by atoms with E-state index >= 15 is 0 Å². The van der Waals surface area contributed by atoms with Crippen molar-refractivity contribution in [2.24, 2.45) is 11.8 Å². The molecule has 1 heterocycles. The molecule has 2 heteroatoms. The molecule has 2 saturated carbocycles. The quantitative estimate of drug-likeness (QED) is 0.841. The second-order valence-corrected chi connectivity index (χ2v) is 7.78. The minimum absolute atomic E-state index is 0.768. The lowest BCUT2D eigenvalue weighted by atomic mass is 9.78. The van der Waals surface area contributed by atoms with Crippen molar-refractivity contribution in [2.45, 2.75) is 89.8 Å². The second-order valence-electron chi connectivity index (χ2n) is 7.78. The van der Waals surface area contributed by atoms with E-state index in [0.717, 1.165) is 30.0 Å². The fourth-order valence-corrected chi connectivity index (χ4v) is 4.72. The summed E-state index contributed by atoms with van der Waals surface area (Å²) >= 11 is 0. The van der Waals surface area contributed by atoms with E-state index in [-0.39, 0.29) is 0 Å². The van der Waals surface area contributed by atoms with Crippen LogP contribution in [0.25, 0.3) is 0 Å². The Morgan fingerprint density at radius 1 is 0.950 bits per heavy atom. The van der Waals surface area contributed by atoms with Gasteiger partial charge in [-0.15, -0.1) is 0 Å². The first-order chi connectivity index (χ1) is 9.76. The lowest BCUT2D eigenvalue weighted by Gasteiger charge is -2.49. The van der Waals surface area contributed by atoms with Crippen LogP contribution in [0.3, 0.4) is 0 Å². The third kappa shape index (κ3) is 3.39. The number of rotatable bonds is 4. The fraction of sp³-hybridized carbons (Fsp3) is 1.00. The van der Waals surface area contributed by atoms with Gasteiger partial charge in [0.25, 0.3) is 0 Å². The summed E-state index contributed by atoms with van der Waals surface area (Å²) in [4.78, 5) is 2.84. The molecule has 3 fully saturated rings. The number of piperidine rings is 1. The van der Waals surface area contributed by atoms with E-state index in [9.17, 15) is 0 Å². The summed E-state index contributed by atoms with van der Waals surface area (Å²) in [6, 6.07) is 2.50. The molecule has 0 bridgehead atoms. The molecule has 1 aliphatic heterocycles. The highest BCUT2D eigenvalue weighted by Gasteiger charge is 2.37. The van der Waals surface area contributed by atoms with Gasteiger partial charge in [-0.2, -0.15) is 0 Å². The lowest BCUT2D eigenvalue weighted by molar-refractivity contribution is 0.0194. The highest BCUT2D eigenvalue weighted by molar-refractivity contribution is 4.93. The van der Waals surface area contributed by atoms with Crippen LogP contribution in [0.2, 0.25) is 0 Å². The van der Waals surface area contributed by atoms with Crippen molar-refractivity contribution in [3.8, 4) is 0 Å². The Morgan fingerprint density at radius 2 is 1.75 bits per heavy atom. The van der Waals surface area contributed by atoms with Gasteiger partial charge < -0.3 is 5.32 Å². The predicted octanol–water partition coefficient (Wildman–Crippen LogP) is 3.81. The van der Waals surface area contributed by atoms with Gasteiger partial charge in [0.05, 0.1) is 0 Å². The van der Waals surface area contributed by atoms with Crippen LogP contribution in [-0.4, -0.2) is 36.1 Å². The summed E-state index contributed by atoms with van der Waals surface area (Å²) in [5.74, 6) is 1.87. The Hall–Kier alpha value is -0.0800. The first kappa shape index (κ1) is 14.8. The summed E-state index contributed by atoms with van der Waals surface area (Å²) in [7, 11) is 0. The average molecular weight is 278 g/mol. The number of hydrogen-bond acceptors (Lipinski definition) is 2. The molecule has 3 rings (SSSR count). The Kier molecular flexibility index (Phi) is 5.04. The number of nitrogens with zero attached hydrogens (tertiary/aromatic N) is 1. The van der Waals surface area contributed by atoms with Crippen molar-refractivity contribution in [1.29, 1.82) is 0 Å². The Morgan fingerprint density at radius 3 is 2.35 bits per heavy atom. The summed E-state index contributed by atoms with van der Waals surface area (Å²) in [5, 5.41) is 4.03. The maximum Gasteiger partial charge on any atom is 0.0200 e. The number of likely N-dealkylation sites (tertiary alicyclic amines) is 1. The highest BCUT2D eigenvalue weighted by atomic mass is 15.2. The molecule has 1 N–H and O–H groups in total. The highest BCUT2D eigenvalue weighted by Crippen LogP contribution is 2.35. The van der Waals surface area contributed by atoms with Gasteiger partial charge in [-0.25, -0.2) is 0 Å². The molecule has 0 aromatic rings. The van der Waals surface area contributed by atoms with Crippen molar-refractivity contribution in [1.82, 2.24) is 10.2 Å². The SMILES string of the molecule is CCC1CC(NC2CCCCC2)CN(C2CCC2C)C1.